The number of aryl methyl sites for hydroxylation is 2. The molecule has 1 aliphatic rings. The zero-order valence-electron chi connectivity index (χ0n) is 25.5. The van der Waals surface area contributed by atoms with E-state index in [0.717, 1.165) is 48.4 Å². The average Bonchev–Trinajstić information content (AvgIpc) is 3.16. The predicted molar refractivity (Wildman–Crippen MR) is 163 cm³/mol. The summed E-state index contributed by atoms with van der Waals surface area (Å²) in [5, 5.41) is 3.41. The number of aromatic nitrogens is 2. The van der Waals surface area contributed by atoms with E-state index in [1.165, 1.54) is 11.7 Å². The highest BCUT2D eigenvalue weighted by atomic mass is 16.6. The Morgan fingerprint density at radius 2 is 1.74 bits per heavy atom. The number of anilines is 2. The number of carbonyl (C=O) groups is 3. The third-order valence-corrected chi connectivity index (χ3v) is 7.42. The number of methoxy groups -OCH3 is 1. The fourth-order valence-corrected chi connectivity index (χ4v) is 5.38. The van der Waals surface area contributed by atoms with Crippen LogP contribution in [0.5, 0.6) is 5.75 Å². The van der Waals surface area contributed by atoms with E-state index in [-0.39, 0.29) is 30.4 Å². The molecule has 0 radical (unpaired) electrons. The van der Waals surface area contributed by atoms with E-state index in [0.29, 0.717) is 28.9 Å². The molecule has 1 N–H and O–H groups in total. The summed E-state index contributed by atoms with van der Waals surface area (Å²) in [6.07, 6.45) is 4.48. The van der Waals surface area contributed by atoms with Crippen molar-refractivity contribution >= 4 is 40.2 Å². The van der Waals surface area contributed by atoms with E-state index in [4.69, 9.17) is 9.47 Å². The second-order valence-electron chi connectivity index (χ2n) is 11.9. The number of ether oxygens (including phenoxy) is 2. The van der Waals surface area contributed by atoms with Gasteiger partial charge in [-0.05, 0) is 82.9 Å². The third kappa shape index (κ3) is 6.86. The van der Waals surface area contributed by atoms with Crippen LogP contribution >= 0.6 is 0 Å². The molecule has 1 saturated heterocycles. The van der Waals surface area contributed by atoms with E-state index in [1.54, 1.807) is 23.7 Å². The number of rotatable bonds is 11. The zero-order valence-corrected chi connectivity index (χ0v) is 25.5. The molecule has 10 nitrogen and oxygen atoms in total. The summed E-state index contributed by atoms with van der Waals surface area (Å²) in [5.74, 6) is -0.494. The molecule has 1 aliphatic heterocycles. The number of amides is 2. The van der Waals surface area contributed by atoms with Gasteiger partial charge < -0.3 is 14.8 Å². The monoisotopic (exact) mass is 578 g/mol. The number of nitrogens with zero attached hydrogens (tertiary/aromatic N) is 3. The van der Waals surface area contributed by atoms with Gasteiger partial charge in [0.2, 0.25) is 5.91 Å². The molecule has 4 rings (SSSR count). The molecule has 2 aromatic carbocycles. The first-order valence-electron chi connectivity index (χ1n) is 14.6. The summed E-state index contributed by atoms with van der Waals surface area (Å²) in [5.41, 5.74) is 2.73. The number of imidazole rings is 1. The Kier molecular flexibility index (Phi) is 9.43. The van der Waals surface area contributed by atoms with E-state index >= 15 is 0 Å². The maximum Gasteiger partial charge on any atom is 0.329 e. The van der Waals surface area contributed by atoms with E-state index in [2.05, 4.69) is 5.32 Å². The maximum atomic E-state index is 13.8. The summed E-state index contributed by atoms with van der Waals surface area (Å²) in [7, 11) is 3.19. The fraction of sp³-hybridized carbons (Fsp3) is 0.500. The topological polar surface area (TPSA) is 112 Å². The molecule has 0 bridgehead atoms. The number of esters is 1. The van der Waals surface area contributed by atoms with Gasteiger partial charge >= 0.3 is 11.7 Å². The SMILES string of the molecule is COc1ccc(C)cc1N1C(=O)CCC(n2c(=O)n(C)c3cc(NCCCCCCC(=O)OC(C)(C)C)ccc32)C1=O. The number of nitrogens with one attached hydrogen (secondary N) is 1. The lowest BCUT2D eigenvalue weighted by Gasteiger charge is -2.32. The lowest BCUT2D eigenvalue weighted by atomic mass is 10.0. The Morgan fingerprint density at radius 3 is 2.45 bits per heavy atom. The van der Waals surface area contributed by atoms with Crippen molar-refractivity contribution in [1.29, 1.82) is 0 Å². The summed E-state index contributed by atoms with van der Waals surface area (Å²) in [4.78, 5) is 53.2. The van der Waals surface area contributed by atoms with Gasteiger partial charge in [0.1, 0.15) is 17.4 Å². The molecule has 42 heavy (non-hydrogen) atoms. The zero-order chi connectivity index (χ0) is 30.6. The fourth-order valence-electron chi connectivity index (χ4n) is 5.38. The van der Waals surface area contributed by atoms with Crippen molar-refractivity contribution in [1.82, 2.24) is 9.13 Å². The van der Waals surface area contributed by atoms with Gasteiger partial charge in [-0.3, -0.25) is 23.5 Å². The van der Waals surface area contributed by atoms with Gasteiger partial charge in [0.25, 0.3) is 5.91 Å². The van der Waals surface area contributed by atoms with Crippen LogP contribution in [0.4, 0.5) is 11.4 Å². The van der Waals surface area contributed by atoms with Crippen LogP contribution in [0.1, 0.15) is 77.3 Å². The first kappa shape index (κ1) is 30.9. The van der Waals surface area contributed by atoms with Crippen molar-refractivity contribution in [3.63, 3.8) is 0 Å². The van der Waals surface area contributed by atoms with Crippen LogP contribution in [-0.4, -0.2) is 46.2 Å². The number of unbranched alkanes of at least 4 members (excludes halogenated alkanes) is 3. The van der Waals surface area contributed by atoms with Crippen molar-refractivity contribution < 1.29 is 23.9 Å². The Hall–Kier alpha value is -4.08. The van der Waals surface area contributed by atoms with Gasteiger partial charge in [-0.15, -0.1) is 0 Å². The number of benzene rings is 2. The number of hydrogen-bond donors (Lipinski definition) is 1. The summed E-state index contributed by atoms with van der Waals surface area (Å²) in [6.45, 7) is 8.25. The summed E-state index contributed by atoms with van der Waals surface area (Å²) in [6, 6.07) is 10.2. The number of carbonyl (C=O) groups excluding carboxylic acids is 3. The minimum Gasteiger partial charge on any atom is -0.495 e. The Morgan fingerprint density at radius 1 is 1.00 bits per heavy atom. The molecule has 1 fully saturated rings. The Balaban J connectivity index is 1.43. The highest BCUT2D eigenvalue weighted by Crippen LogP contribution is 2.36. The van der Waals surface area contributed by atoms with Crippen molar-refractivity contribution in [3.8, 4) is 5.75 Å². The molecule has 2 amide bonds. The lowest BCUT2D eigenvalue weighted by Crippen LogP contribution is -2.48. The van der Waals surface area contributed by atoms with Crippen LogP contribution in [0.3, 0.4) is 0 Å². The maximum absolute atomic E-state index is 13.8. The van der Waals surface area contributed by atoms with Gasteiger partial charge in [0, 0.05) is 32.1 Å². The molecule has 1 unspecified atom stereocenters. The standard InChI is InChI=1S/C32H42N4O6/c1-21-12-16-27(41-6)26(19-21)36-28(37)17-15-24(30(36)39)35-23-14-13-22(20-25(23)34(5)31(35)40)33-18-10-8-7-9-11-29(38)42-32(2,3)4/h12-14,16,19-20,24,33H,7-11,15,17-18H2,1-6H3. The van der Waals surface area contributed by atoms with Crippen LogP contribution in [0.15, 0.2) is 41.2 Å². The summed E-state index contributed by atoms with van der Waals surface area (Å²) < 4.78 is 13.8. The van der Waals surface area contributed by atoms with Crippen LogP contribution in [0.25, 0.3) is 11.0 Å². The number of imide groups is 1. The van der Waals surface area contributed by atoms with E-state index in [1.807, 2.05) is 52.0 Å². The molecule has 1 atom stereocenters. The molecule has 0 aliphatic carbocycles. The molecule has 0 saturated carbocycles. The molecular weight excluding hydrogens is 536 g/mol. The average molecular weight is 579 g/mol. The van der Waals surface area contributed by atoms with Gasteiger partial charge in [-0.2, -0.15) is 0 Å². The van der Waals surface area contributed by atoms with Gasteiger partial charge in [-0.1, -0.05) is 18.9 Å². The predicted octanol–water partition coefficient (Wildman–Crippen LogP) is 5.26. The minimum atomic E-state index is -0.816. The highest BCUT2D eigenvalue weighted by molar-refractivity contribution is 6.18. The third-order valence-electron chi connectivity index (χ3n) is 7.42. The van der Waals surface area contributed by atoms with Crippen molar-refractivity contribution in [2.45, 2.75) is 84.3 Å². The molecule has 10 heteroatoms. The molecule has 0 spiro atoms. The molecule has 3 aromatic rings. The quantitative estimate of drug-likeness (QED) is 0.188. The van der Waals surface area contributed by atoms with Crippen molar-refractivity contribution in [2.75, 3.05) is 23.9 Å². The molecule has 226 valence electrons. The smallest absolute Gasteiger partial charge is 0.329 e. The van der Waals surface area contributed by atoms with Crippen LogP contribution in [0.2, 0.25) is 0 Å². The van der Waals surface area contributed by atoms with Gasteiger partial charge in [-0.25, -0.2) is 9.69 Å². The number of hydrogen-bond acceptors (Lipinski definition) is 7. The molecule has 1 aromatic heterocycles. The largest absolute Gasteiger partial charge is 0.495 e. The van der Waals surface area contributed by atoms with Crippen LogP contribution in [-0.2, 0) is 26.2 Å². The Labute approximate surface area is 246 Å². The first-order chi connectivity index (χ1) is 19.9. The van der Waals surface area contributed by atoms with Crippen LogP contribution < -0.4 is 20.6 Å². The van der Waals surface area contributed by atoms with E-state index < -0.39 is 17.6 Å². The second kappa shape index (κ2) is 12.8. The minimum absolute atomic E-state index is 0.133. The number of piperidine rings is 1. The number of fused-ring (bicyclic) bond motifs is 1. The first-order valence-corrected chi connectivity index (χ1v) is 14.6. The van der Waals surface area contributed by atoms with Crippen molar-refractivity contribution in [2.24, 2.45) is 7.05 Å². The van der Waals surface area contributed by atoms with Gasteiger partial charge in [0.15, 0.2) is 0 Å². The second-order valence-corrected chi connectivity index (χ2v) is 11.9. The Bertz CT molecular complexity index is 1530. The highest BCUT2D eigenvalue weighted by Gasteiger charge is 2.39. The normalized spacial score (nSPS) is 15.8. The van der Waals surface area contributed by atoms with Crippen molar-refractivity contribution in [3.05, 3.63) is 52.4 Å². The van der Waals surface area contributed by atoms with E-state index in [9.17, 15) is 19.2 Å². The summed E-state index contributed by atoms with van der Waals surface area (Å²) >= 11 is 0. The van der Waals surface area contributed by atoms with Crippen LogP contribution in [0, 0.1) is 6.92 Å². The molecule has 2 heterocycles. The molecular formula is C32H42N4O6. The lowest BCUT2D eigenvalue weighted by molar-refractivity contribution is -0.155. The van der Waals surface area contributed by atoms with Gasteiger partial charge in [0.05, 0.1) is 23.8 Å².